The van der Waals surface area contributed by atoms with E-state index in [1.807, 2.05) is 35.2 Å². The first-order chi connectivity index (χ1) is 9.58. The maximum absolute atomic E-state index is 12.3. The van der Waals surface area contributed by atoms with Crippen molar-refractivity contribution in [3.8, 4) is 0 Å². The second-order valence-corrected chi connectivity index (χ2v) is 6.02. The molecule has 0 bridgehead atoms. The predicted molar refractivity (Wildman–Crippen MR) is 84.6 cm³/mol. The van der Waals surface area contributed by atoms with Crippen LogP contribution in [0.3, 0.4) is 0 Å². The Morgan fingerprint density at radius 1 is 1.25 bits per heavy atom. The van der Waals surface area contributed by atoms with Gasteiger partial charge in [0, 0.05) is 38.6 Å². The lowest BCUT2D eigenvalue weighted by molar-refractivity contribution is -0.133. The fourth-order valence-electron chi connectivity index (χ4n) is 2.48. The molecule has 0 aliphatic carbocycles. The molecule has 2 unspecified atom stereocenters. The van der Waals surface area contributed by atoms with Crippen LogP contribution in [0.5, 0.6) is 0 Å². The number of hydrogen-bond acceptors (Lipinski definition) is 4. The summed E-state index contributed by atoms with van der Waals surface area (Å²) in [5, 5.41) is 0.249. The van der Waals surface area contributed by atoms with Gasteiger partial charge in [0.2, 0.25) is 5.91 Å². The average Bonchev–Trinajstić information content (AvgIpc) is 2.48. The normalized spacial score (nSPS) is 19.6. The highest BCUT2D eigenvalue weighted by Crippen LogP contribution is 2.16. The molecule has 1 aliphatic heterocycles. The minimum absolute atomic E-state index is 0.146. The molecule has 2 N–H and O–H groups in total. The second kappa shape index (κ2) is 7.11. The zero-order chi connectivity index (χ0) is 14.5. The first kappa shape index (κ1) is 15.4. The van der Waals surface area contributed by atoms with E-state index in [4.69, 9.17) is 5.73 Å². The van der Waals surface area contributed by atoms with Gasteiger partial charge >= 0.3 is 0 Å². The molecule has 1 aromatic carbocycles. The molecule has 1 fully saturated rings. The van der Waals surface area contributed by atoms with Crippen molar-refractivity contribution < 1.29 is 4.79 Å². The molecule has 5 heteroatoms. The number of amides is 1. The van der Waals surface area contributed by atoms with E-state index in [1.54, 1.807) is 0 Å². The summed E-state index contributed by atoms with van der Waals surface area (Å²) in [6, 6.07) is 9.58. The molecule has 0 saturated carbocycles. The number of rotatable bonds is 4. The third kappa shape index (κ3) is 3.98. The zero-order valence-electron chi connectivity index (χ0n) is 11.9. The molecule has 1 saturated heterocycles. The number of piperazine rings is 1. The molecule has 1 amide bonds. The van der Waals surface area contributed by atoms with Crippen LogP contribution in [0.25, 0.3) is 0 Å². The van der Waals surface area contributed by atoms with Crippen molar-refractivity contribution in [2.24, 2.45) is 5.73 Å². The van der Waals surface area contributed by atoms with Gasteiger partial charge in [-0.1, -0.05) is 30.3 Å². The molecule has 20 heavy (non-hydrogen) atoms. The van der Waals surface area contributed by atoms with Crippen LogP contribution in [0.15, 0.2) is 30.3 Å². The number of carbonyl (C=O) groups excluding carboxylic acids is 1. The summed E-state index contributed by atoms with van der Waals surface area (Å²) in [6.07, 6.45) is 0.375. The molecular weight excluding hydrogens is 270 g/mol. The van der Waals surface area contributed by atoms with E-state index < -0.39 is 0 Å². The summed E-state index contributed by atoms with van der Waals surface area (Å²) in [7, 11) is 0. The topological polar surface area (TPSA) is 49.6 Å². The summed E-state index contributed by atoms with van der Waals surface area (Å²) in [6.45, 7) is 5.37. The lowest BCUT2D eigenvalue weighted by Gasteiger charge is -2.36. The van der Waals surface area contributed by atoms with Gasteiger partial charge in [0.25, 0.3) is 0 Å². The molecule has 110 valence electrons. The van der Waals surface area contributed by atoms with Crippen molar-refractivity contribution in [2.75, 3.05) is 26.2 Å². The maximum atomic E-state index is 12.3. The van der Waals surface area contributed by atoms with Gasteiger partial charge < -0.3 is 10.6 Å². The average molecular weight is 293 g/mol. The molecule has 0 radical (unpaired) electrons. The molecule has 1 aliphatic rings. The number of benzene rings is 1. The van der Waals surface area contributed by atoms with Gasteiger partial charge in [-0.3, -0.25) is 9.69 Å². The van der Waals surface area contributed by atoms with E-state index in [9.17, 15) is 4.79 Å². The lowest BCUT2D eigenvalue weighted by atomic mass is 10.0. The van der Waals surface area contributed by atoms with Crippen LogP contribution in [-0.4, -0.2) is 47.3 Å². The van der Waals surface area contributed by atoms with E-state index in [1.165, 1.54) is 0 Å². The Balaban J connectivity index is 1.84. The minimum atomic E-state index is -0.217. The number of thiol groups is 1. The quantitative estimate of drug-likeness (QED) is 0.827. The van der Waals surface area contributed by atoms with Crippen molar-refractivity contribution in [3.05, 3.63) is 35.9 Å². The van der Waals surface area contributed by atoms with Gasteiger partial charge in [-0.2, -0.15) is 12.6 Å². The number of carbonyl (C=O) groups is 1. The van der Waals surface area contributed by atoms with Crippen LogP contribution < -0.4 is 5.73 Å². The lowest BCUT2D eigenvalue weighted by Crippen LogP contribution is -2.50. The summed E-state index contributed by atoms with van der Waals surface area (Å²) >= 11 is 4.43. The van der Waals surface area contributed by atoms with E-state index >= 15 is 0 Å². The monoisotopic (exact) mass is 293 g/mol. The highest BCUT2D eigenvalue weighted by atomic mass is 32.1. The minimum Gasteiger partial charge on any atom is -0.340 e. The third-order valence-electron chi connectivity index (χ3n) is 3.82. The number of nitrogens with two attached hydrogens (primary N) is 1. The van der Waals surface area contributed by atoms with Gasteiger partial charge in [-0.05, 0) is 12.5 Å². The van der Waals surface area contributed by atoms with Crippen molar-refractivity contribution in [1.82, 2.24) is 9.80 Å². The van der Waals surface area contributed by atoms with Crippen molar-refractivity contribution >= 4 is 18.5 Å². The molecule has 4 nitrogen and oxygen atoms in total. The van der Waals surface area contributed by atoms with Gasteiger partial charge in [0.1, 0.15) is 0 Å². The van der Waals surface area contributed by atoms with Crippen molar-refractivity contribution in [1.29, 1.82) is 0 Å². The SMILES string of the molecule is CC(S)N1CCN(C(=O)CC(N)c2ccccc2)CC1. The predicted octanol–water partition coefficient (Wildman–Crippen LogP) is 1.50. The van der Waals surface area contributed by atoms with E-state index in [0.29, 0.717) is 6.42 Å². The number of hydrogen-bond donors (Lipinski definition) is 2. The first-order valence-electron chi connectivity index (χ1n) is 7.08. The highest BCUT2D eigenvalue weighted by Gasteiger charge is 2.24. The largest absolute Gasteiger partial charge is 0.340 e. The van der Waals surface area contributed by atoms with Gasteiger partial charge in [0.15, 0.2) is 0 Å². The molecule has 0 aromatic heterocycles. The molecular formula is C15H23N3OS. The molecule has 2 atom stereocenters. The Morgan fingerprint density at radius 2 is 1.85 bits per heavy atom. The first-order valence-corrected chi connectivity index (χ1v) is 7.60. The number of nitrogens with zero attached hydrogens (tertiary/aromatic N) is 2. The summed E-state index contributed by atoms with van der Waals surface area (Å²) in [4.78, 5) is 16.4. The Hall–Kier alpha value is -1.04. The van der Waals surface area contributed by atoms with Crippen LogP contribution in [0, 0.1) is 0 Å². The Labute approximate surface area is 126 Å². The Morgan fingerprint density at radius 3 is 2.40 bits per heavy atom. The van der Waals surface area contributed by atoms with Gasteiger partial charge in [-0.15, -0.1) is 0 Å². The fraction of sp³-hybridized carbons (Fsp3) is 0.533. The smallest absolute Gasteiger partial charge is 0.224 e. The Bertz CT molecular complexity index is 430. The Kier molecular flexibility index (Phi) is 5.46. The molecule has 2 rings (SSSR count). The van der Waals surface area contributed by atoms with E-state index in [0.717, 1.165) is 31.7 Å². The van der Waals surface area contributed by atoms with E-state index in [2.05, 4.69) is 24.5 Å². The zero-order valence-corrected chi connectivity index (χ0v) is 12.8. The van der Waals surface area contributed by atoms with Crippen molar-refractivity contribution in [3.63, 3.8) is 0 Å². The summed E-state index contributed by atoms with van der Waals surface area (Å²) in [5.74, 6) is 0.146. The van der Waals surface area contributed by atoms with Crippen LogP contribution in [-0.2, 0) is 4.79 Å². The van der Waals surface area contributed by atoms with Crippen LogP contribution in [0.1, 0.15) is 24.9 Å². The highest BCUT2D eigenvalue weighted by molar-refractivity contribution is 7.80. The molecule has 0 spiro atoms. The van der Waals surface area contributed by atoms with Crippen LogP contribution in [0.4, 0.5) is 0 Å². The molecule has 1 aromatic rings. The van der Waals surface area contributed by atoms with E-state index in [-0.39, 0.29) is 17.3 Å². The summed E-state index contributed by atoms with van der Waals surface area (Å²) in [5.41, 5.74) is 7.13. The fourth-order valence-corrected chi connectivity index (χ4v) is 2.71. The maximum Gasteiger partial charge on any atom is 0.224 e. The standard InChI is InChI=1S/C15H23N3OS/c1-12(20)17-7-9-18(10-8-17)15(19)11-14(16)13-5-3-2-4-6-13/h2-6,12,14,20H,7-11,16H2,1H3. The molecule has 1 heterocycles. The van der Waals surface area contributed by atoms with Crippen LogP contribution >= 0.6 is 12.6 Å². The summed E-state index contributed by atoms with van der Waals surface area (Å²) < 4.78 is 0. The second-order valence-electron chi connectivity index (χ2n) is 5.27. The van der Waals surface area contributed by atoms with Crippen molar-refractivity contribution in [2.45, 2.75) is 24.8 Å². The van der Waals surface area contributed by atoms with Crippen LogP contribution in [0.2, 0.25) is 0 Å². The van der Waals surface area contributed by atoms with Gasteiger partial charge in [0.05, 0.1) is 5.37 Å². The third-order valence-corrected chi connectivity index (χ3v) is 4.14. The van der Waals surface area contributed by atoms with Gasteiger partial charge in [-0.25, -0.2) is 0 Å².